The normalized spacial score (nSPS) is 10.1. The Labute approximate surface area is 228 Å². The van der Waals surface area contributed by atoms with Gasteiger partial charge in [-0.05, 0) is 99.9 Å². The van der Waals surface area contributed by atoms with Crippen LogP contribution in [0.4, 0.5) is 8.78 Å². The summed E-state index contributed by atoms with van der Waals surface area (Å²) in [4.78, 5) is 20.6. The highest BCUT2D eigenvalue weighted by atomic mass is 79.9. The van der Waals surface area contributed by atoms with E-state index < -0.39 is 11.9 Å². The lowest BCUT2D eigenvalue weighted by atomic mass is 10.0. The van der Waals surface area contributed by atoms with E-state index in [-0.39, 0.29) is 24.5 Å². The van der Waals surface area contributed by atoms with Gasteiger partial charge in [0.05, 0.1) is 8.95 Å². The SMILES string of the molecule is O=C(O)CCCCCC#Cc1ccc(Br)c(F)c1.O=C(O)CCCCCCCc1ccc(Br)c(F)c1. The van der Waals surface area contributed by atoms with Gasteiger partial charge in [0.1, 0.15) is 11.6 Å². The first-order valence-electron chi connectivity index (χ1n) is 12.0. The van der Waals surface area contributed by atoms with Crippen LogP contribution in [0.15, 0.2) is 45.3 Å². The molecule has 0 atom stereocenters. The average Bonchev–Trinajstić information content (AvgIpc) is 2.82. The van der Waals surface area contributed by atoms with E-state index in [4.69, 9.17) is 10.2 Å². The van der Waals surface area contributed by atoms with Crippen molar-refractivity contribution in [2.45, 2.75) is 77.0 Å². The Morgan fingerprint density at radius 2 is 1.25 bits per heavy atom. The molecular weight excluding hydrogens is 598 g/mol. The average molecular weight is 630 g/mol. The van der Waals surface area contributed by atoms with Crippen LogP contribution in [-0.4, -0.2) is 22.2 Å². The Morgan fingerprint density at radius 1 is 0.722 bits per heavy atom. The summed E-state index contributed by atoms with van der Waals surface area (Å²) in [6.07, 6.45) is 9.32. The highest BCUT2D eigenvalue weighted by Crippen LogP contribution is 2.18. The maximum absolute atomic E-state index is 13.2. The van der Waals surface area contributed by atoms with Crippen LogP contribution in [0, 0.1) is 23.5 Å². The maximum atomic E-state index is 13.2. The van der Waals surface area contributed by atoms with Crippen molar-refractivity contribution in [3.05, 3.63) is 68.1 Å². The summed E-state index contributed by atoms with van der Waals surface area (Å²) in [7, 11) is 0. The van der Waals surface area contributed by atoms with E-state index in [0.29, 0.717) is 27.4 Å². The molecule has 2 rings (SSSR count). The number of carboxylic acid groups (broad SMARTS) is 2. The second kappa shape index (κ2) is 18.9. The van der Waals surface area contributed by atoms with Crippen LogP contribution in [0.5, 0.6) is 0 Å². The van der Waals surface area contributed by atoms with E-state index in [9.17, 15) is 18.4 Å². The van der Waals surface area contributed by atoms with Crippen molar-refractivity contribution in [1.29, 1.82) is 0 Å². The molecule has 0 fully saturated rings. The Bertz CT molecular complexity index is 1030. The molecule has 2 N–H and O–H groups in total. The Hall–Kier alpha value is -2.24. The molecule has 4 nitrogen and oxygen atoms in total. The van der Waals surface area contributed by atoms with E-state index in [1.54, 1.807) is 24.3 Å². The number of carbonyl (C=O) groups is 2. The van der Waals surface area contributed by atoms with Gasteiger partial charge in [-0.1, -0.05) is 43.6 Å². The van der Waals surface area contributed by atoms with E-state index in [1.165, 1.54) is 6.07 Å². The van der Waals surface area contributed by atoms with Gasteiger partial charge in [-0.3, -0.25) is 9.59 Å². The number of rotatable bonds is 13. The number of halogens is 4. The van der Waals surface area contributed by atoms with Gasteiger partial charge in [-0.25, -0.2) is 8.78 Å². The van der Waals surface area contributed by atoms with E-state index in [2.05, 4.69) is 43.7 Å². The van der Waals surface area contributed by atoms with Crippen LogP contribution in [0.3, 0.4) is 0 Å². The maximum Gasteiger partial charge on any atom is 0.303 e. The van der Waals surface area contributed by atoms with Gasteiger partial charge < -0.3 is 10.2 Å². The summed E-state index contributed by atoms with van der Waals surface area (Å²) in [5.74, 6) is 3.83. The molecule has 0 unspecified atom stereocenters. The van der Waals surface area contributed by atoms with Crippen molar-refractivity contribution >= 4 is 43.8 Å². The van der Waals surface area contributed by atoms with Gasteiger partial charge in [0, 0.05) is 24.8 Å². The molecule has 2 aromatic rings. The standard InChI is InChI=1S/C14H18BrFO2.C14H14BrFO2/c2*15-12-9-8-11(10-13(12)16)6-4-2-1-3-5-7-14(17)18/h8-10H,1-7H2,(H,17,18);8-10H,1-3,5,7H2,(H,17,18). The molecule has 8 heteroatoms. The third kappa shape index (κ3) is 15.7. The van der Waals surface area contributed by atoms with Gasteiger partial charge in [-0.2, -0.15) is 0 Å². The molecule has 0 bridgehead atoms. The summed E-state index contributed by atoms with van der Waals surface area (Å²) in [6, 6.07) is 10.0. The number of carboxylic acids is 2. The van der Waals surface area contributed by atoms with E-state index >= 15 is 0 Å². The fourth-order valence-corrected chi connectivity index (χ4v) is 3.73. The molecule has 36 heavy (non-hydrogen) atoms. The van der Waals surface area contributed by atoms with Gasteiger partial charge in [0.25, 0.3) is 0 Å². The topological polar surface area (TPSA) is 74.6 Å². The fraction of sp³-hybridized carbons (Fsp3) is 0.429. The third-order valence-corrected chi connectivity index (χ3v) is 6.47. The predicted octanol–water partition coefficient (Wildman–Crippen LogP) is 8.53. The van der Waals surface area contributed by atoms with Crippen molar-refractivity contribution in [1.82, 2.24) is 0 Å². The van der Waals surface area contributed by atoms with Crippen LogP contribution in [-0.2, 0) is 16.0 Å². The number of hydrogen-bond donors (Lipinski definition) is 2. The first-order chi connectivity index (χ1) is 17.2. The zero-order valence-electron chi connectivity index (χ0n) is 20.2. The largest absolute Gasteiger partial charge is 0.481 e. The Balaban J connectivity index is 0.000000360. The molecule has 0 aliphatic heterocycles. The molecule has 0 saturated carbocycles. The molecule has 0 spiro atoms. The van der Waals surface area contributed by atoms with Crippen LogP contribution in [0.2, 0.25) is 0 Å². The zero-order chi connectivity index (χ0) is 26.8. The lowest BCUT2D eigenvalue weighted by molar-refractivity contribution is -0.138. The van der Waals surface area contributed by atoms with Crippen LogP contribution in [0.25, 0.3) is 0 Å². The van der Waals surface area contributed by atoms with Crippen molar-refractivity contribution in [3.63, 3.8) is 0 Å². The minimum Gasteiger partial charge on any atom is -0.481 e. The minimum absolute atomic E-state index is 0.214. The highest BCUT2D eigenvalue weighted by Gasteiger charge is 2.01. The lowest BCUT2D eigenvalue weighted by Gasteiger charge is -2.03. The molecule has 0 aliphatic rings. The quantitative estimate of drug-likeness (QED) is 0.172. The number of benzene rings is 2. The first kappa shape index (κ1) is 31.8. The number of aryl methyl sites for hydroxylation is 1. The van der Waals surface area contributed by atoms with Crippen molar-refractivity contribution in [2.75, 3.05) is 0 Å². The van der Waals surface area contributed by atoms with Crippen LogP contribution < -0.4 is 0 Å². The van der Waals surface area contributed by atoms with Crippen molar-refractivity contribution in [3.8, 4) is 11.8 Å². The number of aliphatic carboxylic acids is 2. The van der Waals surface area contributed by atoms with Crippen LogP contribution >= 0.6 is 31.9 Å². The number of unbranched alkanes of at least 4 members (excludes halogenated alkanes) is 7. The van der Waals surface area contributed by atoms with Gasteiger partial charge in [-0.15, -0.1) is 0 Å². The summed E-state index contributed by atoms with van der Waals surface area (Å²) in [6.45, 7) is 0. The Morgan fingerprint density at radius 3 is 1.83 bits per heavy atom. The minimum atomic E-state index is -0.758. The second-order valence-electron chi connectivity index (χ2n) is 8.30. The Kier molecular flexibility index (Phi) is 16.7. The molecule has 0 amide bonds. The molecular formula is C28H32Br2F2O4. The smallest absolute Gasteiger partial charge is 0.303 e. The summed E-state index contributed by atoms with van der Waals surface area (Å²) in [5, 5.41) is 16.9. The fourth-order valence-electron chi connectivity index (χ4n) is 3.24. The predicted molar refractivity (Wildman–Crippen MR) is 145 cm³/mol. The van der Waals surface area contributed by atoms with Crippen LogP contribution in [0.1, 0.15) is 81.8 Å². The monoisotopic (exact) mass is 628 g/mol. The summed E-state index contributed by atoms with van der Waals surface area (Å²) in [5.41, 5.74) is 1.67. The lowest BCUT2D eigenvalue weighted by Crippen LogP contribution is -1.93. The second-order valence-corrected chi connectivity index (χ2v) is 10.0. The molecule has 0 heterocycles. The molecule has 0 radical (unpaired) electrons. The molecule has 0 aliphatic carbocycles. The van der Waals surface area contributed by atoms with Gasteiger partial charge in [0.2, 0.25) is 0 Å². The van der Waals surface area contributed by atoms with E-state index in [1.807, 2.05) is 6.07 Å². The van der Waals surface area contributed by atoms with Gasteiger partial charge in [0.15, 0.2) is 0 Å². The molecule has 196 valence electrons. The third-order valence-electron chi connectivity index (χ3n) is 5.18. The van der Waals surface area contributed by atoms with Crippen molar-refractivity contribution in [2.24, 2.45) is 0 Å². The highest BCUT2D eigenvalue weighted by molar-refractivity contribution is 9.10. The number of hydrogen-bond acceptors (Lipinski definition) is 2. The van der Waals surface area contributed by atoms with Crippen molar-refractivity contribution < 1.29 is 28.6 Å². The molecule has 0 aromatic heterocycles. The summed E-state index contributed by atoms with van der Waals surface area (Å²) < 4.78 is 27.3. The molecule has 2 aromatic carbocycles. The van der Waals surface area contributed by atoms with E-state index in [0.717, 1.165) is 56.9 Å². The zero-order valence-corrected chi connectivity index (χ0v) is 23.3. The first-order valence-corrected chi connectivity index (χ1v) is 13.6. The van der Waals surface area contributed by atoms with Gasteiger partial charge >= 0.3 is 11.9 Å². The molecule has 0 saturated heterocycles. The summed E-state index contributed by atoms with van der Waals surface area (Å²) >= 11 is 6.21.